The minimum absolute atomic E-state index is 0.420. The zero-order valence-electron chi connectivity index (χ0n) is 8.76. The summed E-state index contributed by atoms with van der Waals surface area (Å²) >= 11 is 1.83. The maximum absolute atomic E-state index is 4.62. The van der Waals surface area contributed by atoms with Crippen molar-refractivity contribution in [3.05, 3.63) is 15.6 Å². The predicted octanol–water partition coefficient (Wildman–Crippen LogP) is 1.25. The molecule has 1 aliphatic heterocycles. The molecule has 1 unspecified atom stereocenters. The lowest BCUT2D eigenvalue weighted by Gasteiger charge is -2.23. The first-order valence-electron chi connectivity index (χ1n) is 5.21. The van der Waals surface area contributed by atoms with Gasteiger partial charge in [-0.3, -0.25) is 0 Å². The molecular formula is C10H17N3S. The second-order valence-electron chi connectivity index (χ2n) is 3.61. The van der Waals surface area contributed by atoms with E-state index in [0.717, 1.165) is 26.1 Å². The summed E-state index contributed by atoms with van der Waals surface area (Å²) in [6.45, 7) is 7.41. The molecule has 0 bridgehead atoms. The molecule has 0 spiro atoms. The summed E-state index contributed by atoms with van der Waals surface area (Å²) < 4.78 is 0. The Bertz CT molecular complexity index is 302. The molecule has 1 aliphatic rings. The van der Waals surface area contributed by atoms with E-state index in [1.165, 1.54) is 15.6 Å². The van der Waals surface area contributed by atoms with Crippen molar-refractivity contribution in [2.45, 2.75) is 26.3 Å². The highest BCUT2D eigenvalue weighted by Crippen LogP contribution is 2.24. The summed E-state index contributed by atoms with van der Waals surface area (Å²) in [5.74, 6) is 0. The minimum Gasteiger partial charge on any atom is -0.314 e. The standard InChI is InChI=1S/C10H17N3S/c1-3-9-10(13-7(2)14-9)8-6-11-4-5-12-8/h8,11-12H,3-6H2,1-2H3. The molecule has 14 heavy (non-hydrogen) atoms. The van der Waals surface area contributed by atoms with Crippen molar-refractivity contribution in [3.63, 3.8) is 0 Å². The zero-order chi connectivity index (χ0) is 9.97. The van der Waals surface area contributed by atoms with Crippen LogP contribution in [0, 0.1) is 6.92 Å². The molecule has 1 fully saturated rings. The lowest BCUT2D eigenvalue weighted by Crippen LogP contribution is -2.43. The maximum Gasteiger partial charge on any atom is 0.0900 e. The van der Waals surface area contributed by atoms with E-state index in [1.54, 1.807) is 0 Å². The minimum atomic E-state index is 0.420. The number of piperazine rings is 1. The predicted molar refractivity (Wildman–Crippen MR) is 59.8 cm³/mol. The Morgan fingerprint density at radius 3 is 3.00 bits per heavy atom. The SMILES string of the molecule is CCc1sc(C)nc1C1CNCCN1. The molecule has 2 heterocycles. The molecule has 1 aromatic heterocycles. The summed E-state index contributed by atoms with van der Waals surface area (Å²) in [6.07, 6.45) is 1.10. The van der Waals surface area contributed by atoms with Gasteiger partial charge in [0.2, 0.25) is 0 Å². The van der Waals surface area contributed by atoms with Crippen LogP contribution >= 0.6 is 11.3 Å². The third-order valence-electron chi connectivity index (χ3n) is 2.53. The molecule has 78 valence electrons. The Hall–Kier alpha value is -0.450. The molecule has 0 aliphatic carbocycles. The third kappa shape index (κ3) is 1.97. The van der Waals surface area contributed by atoms with Crippen molar-refractivity contribution in [3.8, 4) is 0 Å². The molecule has 0 amide bonds. The second kappa shape index (κ2) is 4.38. The molecule has 0 aromatic carbocycles. The van der Waals surface area contributed by atoms with Crippen LogP contribution in [0.1, 0.15) is 28.5 Å². The Morgan fingerprint density at radius 2 is 2.36 bits per heavy atom. The fourth-order valence-electron chi connectivity index (χ4n) is 1.86. The highest BCUT2D eigenvalue weighted by molar-refractivity contribution is 7.11. The summed E-state index contributed by atoms with van der Waals surface area (Å²) in [7, 11) is 0. The van der Waals surface area contributed by atoms with E-state index in [9.17, 15) is 0 Å². The van der Waals surface area contributed by atoms with Gasteiger partial charge in [-0.2, -0.15) is 0 Å². The van der Waals surface area contributed by atoms with Crippen molar-refractivity contribution >= 4 is 11.3 Å². The van der Waals surface area contributed by atoms with Crippen LogP contribution in [0.3, 0.4) is 0 Å². The van der Waals surface area contributed by atoms with Gasteiger partial charge in [0.05, 0.1) is 16.7 Å². The smallest absolute Gasteiger partial charge is 0.0900 e. The quantitative estimate of drug-likeness (QED) is 0.773. The van der Waals surface area contributed by atoms with Gasteiger partial charge < -0.3 is 10.6 Å². The Labute approximate surface area is 88.9 Å². The number of rotatable bonds is 2. The Balaban J connectivity index is 2.20. The van der Waals surface area contributed by atoms with Gasteiger partial charge in [0.15, 0.2) is 0 Å². The first-order chi connectivity index (χ1) is 6.81. The first-order valence-corrected chi connectivity index (χ1v) is 6.03. The van der Waals surface area contributed by atoms with Crippen LogP contribution in [-0.4, -0.2) is 24.6 Å². The number of nitrogens with zero attached hydrogens (tertiary/aromatic N) is 1. The van der Waals surface area contributed by atoms with Crippen LogP contribution in [0.5, 0.6) is 0 Å². The van der Waals surface area contributed by atoms with Gasteiger partial charge in [-0.15, -0.1) is 11.3 Å². The summed E-state index contributed by atoms with van der Waals surface area (Å²) in [5.41, 5.74) is 1.27. The molecule has 1 atom stereocenters. The molecule has 0 saturated carbocycles. The monoisotopic (exact) mass is 211 g/mol. The maximum atomic E-state index is 4.62. The summed E-state index contributed by atoms with van der Waals surface area (Å²) in [5, 5.41) is 8.09. The van der Waals surface area contributed by atoms with E-state index in [2.05, 4.69) is 29.5 Å². The van der Waals surface area contributed by atoms with E-state index in [0.29, 0.717) is 6.04 Å². The van der Waals surface area contributed by atoms with Gasteiger partial charge in [0, 0.05) is 24.5 Å². The second-order valence-corrected chi connectivity index (χ2v) is 4.89. The van der Waals surface area contributed by atoms with Gasteiger partial charge in [-0.1, -0.05) is 6.92 Å². The Kier molecular flexibility index (Phi) is 3.15. The van der Waals surface area contributed by atoms with Gasteiger partial charge in [-0.05, 0) is 13.3 Å². The summed E-state index contributed by atoms with van der Waals surface area (Å²) in [4.78, 5) is 6.06. The summed E-state index contributed by atoms with van der Waals surface area (Å²) in [6, 6.07) is 0.420. The lowest BCUT2D eigenvalue weighted by molar-refractivity contribution is 0.422. The molecule has 0 radical (unpaired) electrons. The Morgan fingerprint density at radius 1 is 1.50 bits per heavy atom. The fourth-order valence-corrected chi connectivity index (χ4v) is 2.80. The number of thiazole rings is 1. The van der Waals surface area contributed by atoms with E-state index in [-0.39, 0.29) is 0 Å². The van der Waals surface area contributed by atoms with Crippen LogP contribution in [-0.2, 0) is 6.42 Å². The molecular weight excluding hydrogens is 194 g/mol. The number of aromatic nitrogens is 1. The third-order valence-corrected chi connectivity index (χ3v) is 3.66. The molecule has 4 heteroatoms. The molecule has 1 aromatic rings. The largest absolute Gasteiger partial charge is 0.314 e. The average Bonchev–Trinajstić information content (AvgIpc) is 2.61. The number of nitrogens with one attached hydrogen (secondary N) is 2. The number of aryl methyl sites for hydroxylation is 2. The van der Waals surface area contributed by atoms with Crippen LogP contribution in [0.25, 0.3) is 0 Å². The van der Waals surface area contributed by atoms with Gasteiger partial charge >= 0.3 is 0 Å². The van der Waals surface area contributed by atoms with E-state index in [1.807, 2.05) is 11.3 Å². The molecule has 3 nitrogen and oxygen atoms in total. The van der Waals surface area contributed by atoms with E-state index in [4.69, 9.17) is 0 Å². The van der Waals surface area contributed by atoms with Gasteiger partial charge in [-0.25, -0.2) is 4.98 Å². The van der Waals surface area contributed by atoms with Crippen molar-refractivity contribution in [1.82, 2.24) is 15.6 Å². The van der Waals surface area contributed by atoms with Crippen LogP contribution in [0.2, 0.25) is 0 Å². The van der Waals surface area contributed by atoms with Crippen LogP contribution in [0.15, 0.2) is 0 Å². The highest BCUT2D eigenvalue weighted by Gasteiger charge is 2.20. The number of hydrogen-bond donors (Lipinski definition) is 2. The van der Waals surface area contributed by atoms with Crippen LogP contribution in [0.4, 0.5) is 0 Å². The van der Waals surface area contributed by atoms with Crippen molar-refractivity contribution in [2.24, 2.45) is 0 Å². The van der Waals surface area contributed by atoms with E-state index >= 15 is 0 Å². The lowest BCUT2D eigenvalue weighted by atomic mass is 10.1. The van der Waals surface area contributed by atoms with Crippen molar-refractivity contribution in [2.75, 3.05) is 19.6 Å². The zero-order valence-corrected chi connectivity index (χ0v) is 9.58. The molecule has 2 rings (SSSR count). The molecule has 2 N–H and O–H groups in total. The molecule has 1 saturated heterocycles. The topological polar surface area (TPSA) is 37.0 Å². The fraction of sp³-hybridized carbons (Fsp3) is 0.700. The normalized spacial score (nSPS) is 22.6. The van der Waals surface area contributed by atoms with E-state index < -0.39 is 0 Å². The van der Waals surface area contributed by atoms with Crippen molar-refractivity contribution in [1.29, 1.82) is 0 Å². The van der Waals surface area contributed by atoms with Crippen molar-refractivity contribution < 1.29 is 0 Å². The van der Waals surface area contributed by atoms with Crippen LogP contribution < -0.4 is 10.6 Å². The van der Waals surface area contributed by atoms with Gasteiger partial charge in [0.1, 0.15) is 0 Å². The van der Waals surface area contributed by atoms with Gasteiger partial charge in [0.25, 0.3) is 0 Å². The number of hydrogen-bond acceptors (Lipinski definition) is 4. The average molecular weight is 211 g/mol. The highest BCUT2D eigenvalue weighted by atomic mass is 32.1. The first kappa shape index (κ1) is 10.1.